The molecule has 0 bridgehead atoms. The molecule has 2 amide bonds. The average Bonchev–Trinajstić information content (AvgIpc) is 3.58. The molecule has 204 valence electrons. The lowest BCUT2D eigenvalue weighted by atomic mass is 10.0. The van der Waals surface area contributed by atoms with Crippen molar-refractivity contribution in [2.75, 3.05) is 24.3 Å². The number of thiazole rings is 1. The number of hydrogen-bond donors (Lipinski definition) is 3. The number of benzene rings is 1. The molecule has 2 atom stereocenters. The normalized spacial score (nSPS) is 19.1. The predicted molar refractivity (Wildman–Crippen MR) is 149 cm³/mol. The van der Waals surface area contributed by atoms with Crippen LogP contribution in [0.1, 0.15) is 5.69 Å². The van der Waals surface area contributed by atoms with E-state index in [1.807, 2.05) is 24.3 Å². The third-order valence-electron chi connectivity index (χ3n) is 6.20. The summed E-state index contributed by atoms with van der Waals surface area (Å²) in [6.07, 6.45) is 1.72. The number of fused-ring (bicyclic) bond motifs is 4. The van der Waals surface area contributed by atoms with E-state index >= 15 is 0 Å². The first kappa shape index (κ1) is 26.0. The van der Waals surface area contributed by atoms with Gasteiger partial charge in [-0.1, -0.05) is 41.2 Å². The second-order valence-electron chi connectivity index (χ2n) is 8.55. The van der Waals surface area contributed by atoms with Crippen LogP contribution in [0, 0.1) is 0 Å². The molecule has 1 aromatic carbocycles. The highest BCUT2D eigenvalue weighted by Crippen LogP contribution is 2.41. The molecule has 1 fully saturated rings. The second kappa shape index (κ2) is 10.4. The number of aliphatic carboxylic acids is 1. The van der Waals surface area contributed by atoms with Crippen molar-refractivity contribution in [2.24, 2.45) is 5.16 Å². The molecule has 6 rings (SSSR count). The van der Waals surface area contributed by atoms with Crippen LogP contribution in [-0.4, -0.2) is 88.3 Å². The van der Waals surface area contributed by atoms with Gasteiger partial charge in [-0.15, -0.1) is 33.3 Å². The molecule has 0 unspecified atom stereocenters. The topological polar surface area (TPSA) is 190 Å². The third kappa shape index (κ3) is 4.40. The van der Waals surface area contributed by atoms with Crippen LogP contribution in [0.25, 0.3) is 16.4 Å². The van der Waals surface area contributed by atoms with Gasteiger partial charge >= 0.3 is 5.97 Å². The number of anilines is 1. The first-order chi connectivity index (χ1) is 19.4. The zero-order valence-electron chi connectivity index (χ0n) is 20.5. The van der Waals surface area contributed by atoms with Gasteiger partial charge in [-0.2, -0.15) is 9.61 Å². The van der Waals surface area contributed by atoms with E-state index in [0.717, 1.165) is 22.1 Å². The highest BCUT2D eigenvalue weighted by molar-refractivity contribution is 8.01. The molecule has 14 nitrogen and oxygen atoms in total. The minimum absolute atomic E-state index is 0.1000. The number of oxime groups is 1. The zero-order valence-corrected chi connectivity index (χ0v) is 23.0. The standard InChI is InChI=1S/C23H19N9O5S3/c1-37-30-14(13-9-39-22(24)26-13)18(33)27-15-19(34)31-16(21(35)36)11(7-38-20(15)31)8-40-23-29-28-17-12-5-3-2-4-10(12)6-25-32(17)23/h2-6,9,15,20H,7-8H2,1H3,(H2,24,26)(H,27,33)(H,35,36)/b30-14-/t15-,20+/m1/s1. The van der Waals surface area contributed by atoms with Crippen molar-refractivity contribution >= 4 is 79.9 Å². The Kier molecular flexibility index (Phi) is 6.77. The van der Waals surface area contributed by atoms with Crippen molar-refractivity contribution in [3.8, 4) is 0 Å². The van der Waals surface area contributed by atoms with Crippen molar-refractivity contribution in [3.05, 3.63) is 52.8 Å². The minimum atomic E-state index is -1.23. The fourth-order valence-corrected chi connectivity index (χ4v) is 7.33. The number of nitrogens with one attached hydrogen (secondary N) is 1. The Balaban J connectivity index is 1.20. The van der Waals surface area contributed by atoms with Crippen LogP contribution < -0.4 is 11.1 Å². The van der Waals surface area contributed by atoms with Gasteiger partial charge < -0.3 is 21.0 Å². The van der Waals surface area contributed by atoms with Gasteiger partial charge in [0.2, 0.25) is 5.16 Å². The quantitative estimate of drug-likeness (QED) is 0.114. The summed E-state index contributed by atoms with van der Waals surface area (Å²) in [5, 5.41) is 32.8. The Morgan fingerprint density at radius 1 is 1.32 bits per heavy atom. The maximum atomic E-state index is 13.1. The number of carbonyl (C=O) groups is 3. The smallest absolute Gasteiger partial charge is 0.352 e. The number of carbonyl (C=O) groups excluding carboxylic acids is 2. The van der Waals surface area contributed by atoms with E-state index < -0.39 is 29.2 Å². The number of nitrogen functional groups attached to an aromatic ring is 1. The molecular formula is C23H19N9O5S3. The molecule has 40 heavy (non-hydrogen) atoms. The van der Waals surface area contributed by atoms with Gasteiger partial charge in [0.15, 0.2) is 16.5 Å². The van der Waals surface area contributed by atoms with Gasteiger partial charge in [-0.05, 0) is 5.57 Å². The number of hydrogen-bond acceptors (Lipinski definition) is 13. The van der Waals surface area contributed by atoms with Gasteiger partial charge in [0.1, 0.15) is 29.9 Å². The van der Waals surface area contributed by atoms with Crippen LogP contribution in [0.4, 0.5) is 5.13 Å². The van der Waals surface area contributed by atoms with Gasteiger partial charge in [0.25, 0.3) is 11.8 Å². The maximum absolute atomic E-state index is 13.1. The molecule has 4 N–H and O–H groups in total. The largest absolute Gasteiger partial charge is 0.477 e. The van der Waals surface area contributed by atoms with Gasteiger partial charge in [-0.25, -0.2) is 9.78 Å². The monoisotopic (exact) mass is 597 g/mol. The predicted octanol–water partition coefficient (Wildman–Crippen LogP) is 1.20. The van der Waals surface area contributed by atoms with Crippen LogP contribution in [-0.2, 0) is 19.2 Å². The molecule has 0 aliphatic carbocycles. The summed E-state index contributed by atoms with van der Waals surface area (Å²) in [5.74, 6) is -1.86. The molecule has 3 aromatic heterocycles. The highest BCUT2D eigenvalue weighted by atomic mass is 32.2. The van der Waals surface area contributed by atoms with Crippen molar-refractivity contribution in [2.45, 2.75) is 16.6 Å². The van der Waals surface area contributed by atoms with Crippen LogP contribution in [0.15, 0.2) is 57.4 Å². The molecule has 0 radical (unpaired) electrons. The summed E-state index contributed by atoms with van der Waals surface area (Å²) in [4.78, 5) is 48.3. The Morgan fingerprint density at radius 3 is 2.90 bits per heavy atom. The number of nitrogens with zero attached hydrogens (tertiary/aromatic N) is 7. The van der Waals surface area contributed by atoms with E-state index in [1.54, 1.807) is 16.1 Å². The van der Waals surface area contributed by atoms with E-state index in [2.05, 4.69) is 30.8 Å². The summed E-state index contributed by atoms with van der Waals surface area (Å²) in [6, 6.07) is 6.74. The molecular weight excluding hydrogens is 579 g/mol. The lowest BCUT2D eigenvalue weighted by molar-refractivity contribution is -0.150. The number of nitrogens with two attached hydrogens (primary N) is 1. The van der Waals surface area contributed by atoms with Crippen molar-refractivity contribution < 1.29 is 24.3 Å². The van der Waals surface area contributed by atoms with Crippen molar-refractivity contribution in [1.82, 2.24) is 35.0 Å². The number of aromatic nitrogens is 5. The highest BCUT2D eigenvalue weighted by Gasteiger charge is 2.54. The Labute approximate surface area is 237 Å². The number of β-lactam (4-membered cyclic amide) rings is 1. The molecule has 2 aliphatic heterocycles. The summed E-state index contributed by atoms with van der Waals surface area (Å²) >= 11 is 3.76. The van der Waals surface area contributed by atoms with E-state index in [1.165, 1.54) is 35.5 Å². The second-order valence-corrected chi connectivity index (χ2v) is 11.5. The summed E-state index contributed by atoms with van der Waals surface area (Å²) in [7, 11) is 1.28. The summed E-state index contributed by atoms with van der Waals surface area (Å²) in [6.45, 7) is 0. The number of rotatable bonds is 8. The molecule has 17 heteroatoms. The average molecular weight is 598 g/mol. The van der Waals surface area contributed by atoms with E-state index in [0.29, 0.717) is 22.1 Å². The molecule has 5 heterocycles. The summed E-state index contributed by atoms with van der Waals surface area (Å²) in [5.41, 5.74) is 6.77. The number of amides is 2. The lowest BCUT2D eigenvalue weighted by Gasteiger charge is -2.49. The first-order valence-corrected chi connectivity index (χ1v) is 14.5. The molecule has 2 aliphatic rings. The van der Waals surface area contributed by atoms with Crippen molar-refractivity contribution in [3.63, 3.8) is 0 Å². The van der Waals surface area contributed by atoms with Gasteiger partial charge in [0, 0.05) is 27.7 Å². The number of carboxylic acid groups (broad SMARTS) is 1. The summed E-state index contributed by atoms with van der Waals surface area (Å²) < 4.78 is 1.61. The Morgan fingerprint density at radius 2 is 2.15 bits per heavy atom. The van der Waals surface area contributed by atoms with Crippen molar-refractivity contribution in [1.29, 1.82) is 0 Å². The van der Waals surface area contributed by atoms with Crippen LogP contribution in [0.3, 0.4) is 0 Å². The van der Waals surface area contributed by atoms with Crippen LogP contribution in [0.5, 0.6) is 0 Å². The van der Waals surface area contributed by atoms with Crippen LogP contribution in [0.2, 0.25) is 0 Å². The zero-order chi connectivity index (χ0) is 28.0. The SMILES string of the molecule is CO/N=C(\C(=O)N[C@@H]1C(=O)N2C(C(=O)O)=C(CSc3nnc4c5ccccc5cnn34)CS[C@@H]12)c1csc(N)n1. The lowest BCUT2D eigenvalue weighted by Crippen LogP contribution is -2.71. The third-order valence-corrected chi connectivity index (χ3v) is 9.22. The maximum Gasteiger partial charge on any atom is 0.352 e. The number of carboxylic acids is 1. The Bertz CT molecular complexity index is 1750. The molecule has 0 spiro atoms. The number of thioether (sulfide) groups is 2. The fraction of sp³-hybridized carbons (Fsp3) is 0.217. The molecule has 4 aromatic rings. The molecule has 0 saturated carbocycles. The minimum Gasteiger partial charge on any atom is -0.477 e. The Hall–Kier alpha value is -4.22. The van der Waals surface area contributed by atoms with Gasteiger partial charge in [-0.3, -0.25) is 14.5 Å². The molecule has 1 saturated heterocycles. The fourth-order valence-electron chi connectivity index (χ4n) is 4.41. The van der Waals surface area contributed by atoms with E-state index in [9.17, 15) is 19.5 Å². The van der Waals surface area contributed by atoms with Gasteiger partial charge in [0.05, 0.1) is 6.20 Å². The van der Waals surface area contributed by atoms with E-state index in [-0.39, 0.29) is 28.0 Å². The van der Waals surface area contributed by atoms with Crippen LogP contribution >= 0.6 is 34.9 Å². The first-order valence-electron chi connectivity index (χ1n) is 11.6. The van der Waals surface area contributed by atoms with E-state index in [4.69, 9.17) is 10.6 Å².